The van der Waals surface area contributed by atoms with Gasteiger partial charge in [-0.3, -0.25) is 9.78 Å². The third kappa shape index (κ3) is 7.13. The summed E-state index contributed by atoms with van der Waals surface area (Å²) in [5.41, 5.74) is 5.41. The Labute approximate surface area is 240 Å². The monoisotopic (exact) mass is 565 g/mol. The number of aliphatic carboxylic acids is 1. The lowest BCUT2D eigenvalue weighted by atomic mass is 9.73. The van der Waals surface area contributed by atoms with Crippen LogP contribution in [0.4, 0.5) is 4.39 Å². The molecule has 2 aromatic heterocycles. The van der Waals surface area contributed by atoms with E-state index >= 15 is 4.39 Å². The SMILES string of the molecule is COCC1(c2cc(F)cc(C(CC(=O)O)Cc3cc(OCCc4ccc5c(n4)CCCC5)n(C)n3)c2)CCOCC1. The minimum atomic E-state index is -0.941. The van der Waals surface area contributed by atoms with Gasteiger partial charge in [0.2, 0.25) is 5.88 Å². The fourth-order valence-corrected chi connectivity index (χ4v) is 6.25. The van der Waals surface area contributed by atoms with Crippen LogP contribution in [0.3, 0.4) is 0 Å². The van der Waals surface area contributed by atoms with E-state index in [9.17, 15) is 9.90 Å². The topological polar surface area (TPSA) is 95.7 Å². The van der Waals surface area contributed by atoms with Gasteiger partial charge in [0.1, 0.15) is 5.82 Å². The third-order valence-electron chi connectivity index (χ3n) is 8.48. The summed E-state index contributed by atoms with van der Waals surface area (Å²) < 4.78 is 33.8. The third-order valence-corrected chi connectivity index (χ3v) is 8.48. The zero-order valence-electron chi connectivity index (χ0n) is 24.0. The maximum Gasteiger partial charge on any atom is 0.303 e. The molecule has 220 valence electrons. The minimum absolute atomic E-state index is 0.139. The molecule has 0 spiro atoms. The first-order valence-corrected chi connectivity index (χ1v) is 14.6. The number of carbonyl (C=O) groups is 1. The van der Waals surface area contributed by atoms with E-state index in [1.807, 2.05) is 19.2 Å². The van der Waals surface area contributed by atoms with Crippen molar-refractivity contribution in [3.63, 3.8) is 0 Å². The van der Waals surface area contributed by atoms with Crippen LogP contribution < -0.4 is 4.74 Å². The Balaban J connectivity index is 1.30. The number of hydrogen-bond acceptors (Lipinski definition) is 6. The molecule has 0 bridgehead atoms. The smallest absolute Gasteiger partial charge is 0.303 e. The van der Waals surface area contributed by atoms with Crippen molar-refractivity contribution in [2.75, 3.05) is 33.5 Å². The number of rotatable bonds is 12. The van der Waals surface area contributed by atoms with Gasteiger partial charge in [0.05, 0.1) is 25.3 Å². The van der Waals surface area contributed by atoms with Crippen molar-refractivity contribution in [2.24, 2.45) is 7.05 Å². The van der Waals surface area contributed by atoms with Crippen LogP contribution in [0.25, 0.3) is 0 Å². The van der Waals surface area contributed by atoms with E-state index in [0.29, 0.717) is 56.4 Å². The molecule has 0 radical (unpaired) electrons. The Morgan fingerprint density at radius 1 is 1.15 bits per heavy atom. The summed E-state index contributed by atoms with van der Waals surface area (Å²) in [7, 11) is 3.46. The van der Waals surface area contributed by atoms with Gasteiger partial charge >= 0.3 is 5.97 Å². The number of aromatic nitrogens is 3. The number of hydrogen-bond donors (Lipinski definition) is 1. The van der Waals surface area contributed by atoms with Gasteiger partial charge in [0.25, 0.3) is 0 Å². The molecule has 1 fully saturated rings. The molecule has 1 atom stereocenters. The van der Waals surface area contributed by atoms with Crippen LogP contribution >= 0.6 is 0 Å². The Morgan fingerprint density at radius 2 is 1.95 bits per heavy atom. The zero-order chi connectivity index (χ0) is 28.8. The number of pyridine rings is 1. The Bertz CT molecular complexity index is 1350. The summed E-state index contributed by atoms with van der Waals surface area (Å²) in [6.07, 6.45) is 6.92. The Morgan fingerprint density at radius 3 is 2.73 bits per heavy atom. The van der Waals surface area contributed by atoms with E-state index in [-0.39, 0.29) is 17.7 Å². The molecule has 3 aromatic rings. The Hall–Kier alpha value is -3.30. The fourth-order valence-electron chi connectivity index (χ4n) is 6.25. The van der Waals surface area contributed by atoms with Crippen molar-refractivity contribution in [3.05, 3.63) is 76.0 Å². The van der Waals surface area contributed by atoms with E-state index in [4.69, 9.17) is 19.2 Å². The van der Waals surface area contributed by atoms with Gasteiger partial charge in [0, 0.05) is 62.6 Å². The molecule has 2 aliphatic rings. The first kappa shape index (κ1) is 29.2. The fraction of sp³-hybridized carbons (Fsp3) is 0.531. The second-order valence-electron chi connectivity index (χ2n) is 11.4. The van der Waals surface area contributed by atoms with Gasteiger partial charge in [-0.05, 0) is 79.8 Å². The van der Waals surface area contributed by atoms with Crippen LogP contribution in [-0.4, -0.2) is 59.4 Å². The normalized spacial score (nSPS) is 17.1. The molecule has 9 heteroatoms. The van der Waals surface area contributed by atoms with Gasteiger partial charge in [-0.25, -0.2) is 9.07 Å². The number of halogens is 1. The second-order valence-corrected chi connectivity index (χ2v) is 11.4. The maximum atomic E-state index is 15.0. The van der Waals surface area contributed by atoms with Crippen molar-refractivity contribution >= 4 is 5.97 Å². The summed E-state index contributed by atoms with van der Waals surface area (Å²) >= 11 is 0. The summed E-state index contributed by atoms with van der Waals surface area (Å²) in [6.45, 7) is 2.06. The number of carboxylic acid groups (broad SMARTS) is 1. The summed E-state index contributed by atoms with van der Waals surface area (Å²) in [4.78, 5) is 16.7. The summed E-state index contributed by atoms with van der Waals surface area (Å²) in [6, 6.07) is 11.1. The molecule has 1 N–H and O–H groups in total. The van der Waals surface area contributed by atoms with Crippen molar-refractivity contribution < 1.29 is 28.5 Å². The van der Waals surface area contributed by atoms with Crippen LogP contribution in [0.2, 0.25) is 0 Å². The molecular formula is C32H40FN3O5. The molecule has 1 saturated heterocycles. The van der Waals surface area contributed by atoms with Gasteiger partial charge in [0.15, 0.2) is 0 Å². The van der Waals surface area contributed by atoms with E-state index in [0.717, 1.165) is 36.9 Å². The molecule has 1 aromatic carbocycles. The van der Waals surface area contributed by atoms with Crippen LogP contribution in [-0.2, 0) is 52.4 Å². The number of ether oxygens (including phenoxy) is 3. The number of carboxylic acids is 1. The molecule has 1 unspecified atom stereocenters. The number of aryl methyl sites for hydroxylation is 3. The number of fused-ring (bicyclic) bond motifs is 1. The predicted molar refractivity (Wildman–Crippen MR) is 152 cm³/mol. The van der Waals surface area contributed by atoms with Crippen LogP contribution in [0.15, 0.2) is 36.4 Å². The van der Waals surface area contributed by atoms with Gasteiger partial charge in [-0.2, -0.15) is 5.10 Å². The van der Waals surface area contributed by atoms with E-state index in [2.05, 4.69) is 17.2 Å². The molecular weight excluding hydrogens is 525 g/mol. The zero-order valence-corrected chi connectivity index (χ0v) is 24.0. The van der Waals surface area contributed by atoms with Gasteiger partial charge in [-0.15, -0.1) is 0 Å². The number of methoxy groups -OCH3 is 1. The molecule has 3 heterocycles. The van der Waals surface area contributed by atoms with E-state index in [1.165, 1.54) is 30.2 Å². The molecule has 0 amide bonds. The van der Waals surface area contributed by atoms with E-state index < -0.39 is 11.9 Å². The lowest BCUT2D eigenvalue weighted by molar-refractivity contribution is -0.137. The summed E-state index contributed by atoms with van der Waals surface area (Å²) in [5.74, 6) is -1.17. The van der Waals surface area contributed by atoms with Crippen molar-refractivity contribution in [2.45, 2.75) is 69.1 Å². The standard InChI is InChI=1S/C32H40FN3O5/c1-36-30(41-12-9-27-8-7-22-5-3-4-6-29(22)34-27)20-28(35-36)17-24(18-31(37)38)23-15-25(19-26(33)16-23)32(21-39-2)10-13-40-14-11-32/h7-8,15-16,19-20,24H,3-6,9-14,17-18,21H2,1-2H3,(H,37,38). The largest absolute Gasteiger partial charge is 0.481 e. The average molecular weight is 566 g/mol. The highest BCUT2D eigenvalue weighted by molar-refractivity contribution is 5.68. The molecule has 1 aliphatic carbocycles. The lowest BCUT2D eigenvalue weighted by Crippen LogP contribution is -2.38. The van der Waals surface area contributed by atoms with Crippen molar-refractivity contribution in [1.82, 2.24) is 14.8 Å². The van der Waals surface area contributed by atoms with E-state index in [1.54, 1.807) is 17.9 Å². The summed E-state index contributed by atoms with van der Waals surface area (Å²) in [5, 5.41) is 14.3. The number of benzene rings is 1. The highest BCUT2D eigenvalue weighted by Crippen LogP contribution is 2.38. The van der Waals surface area contributed by atoms with Crippen LogP contribution in [0.1, 0.15) is 71.8 Å². The van der Waals surface area contributed by atoms with Crippen LogP contribution in [0.5, 0.6) is 5.88 Å². The minimum Gasteiger partial charge on any atom is -0.481 e. The quantitative estimate of drug-likeness (QED) is 0.332. The highest BCUT2D eigenvalue weighted by Gasteiger charge is 2.36. The van der Waals surface area contributed by atoms with Gasteiger partial charge < -0.3 is 19.3 Å². The highest BCUT2D eigenvalue weighted by atomic mass is 19.1. The molecule has 0 saturated carbocycles. The molecule has 41 heavy (non-hydrogen) atoms. The van der Waals surface area contributed by atoms with Crippen LogP contribution in [0, 0.1) is 5.82 Å². The first-order chi connectivity index (χ1) is 19.8. The molecule has 8 nitrogen and oxygen atoms in total. The molecule has 5 rings (SSSR count). The molecule has 1 aliphatic heterocycles. The predicted octanol–water partition coefficient (Wildman–Crippen LogP) is 4.95. The lowest BCUT2D eigenvalue weighted by Gasteiger charge is -2.37. The second kappa shape index (κ2) is 13.1. The Kier molecular flexibility index (Phi) is 9.35. The van der Waals surface area contributed by atoms with Crippen molar-refractivity contribution in [3.8, 4) is 5.88 Å². The number of nitrogens with zero attached hydrogens (tertiary/aromatic N) is 3. The first-order valence-electron chi connectivity index (χ1n) is 14.6. The van der Waals surface area contributed by atoms with Gasteiger partial charge in [-0.1, -0.05) is 12.1 Å². The average Bonchev–Trinajstić information content (AvgIpc) is 3.31. The maximum absolute atomic E-state index is 15.0. The van der Waals surface area contributed by atoms with Crippen molar-refractivity contribution in [1.29, 1.82) is 0 Å².